The van der Waals surface area contributed by atoms with Crippen LogP contribution in [0.5, 0.6) is 5.75 Å². The summed E-state index contributed by atoms with van der Waals surface area (Å²) in [5, 5.41) is 10.4. The number of ether oxygens (including phenoxy) is 1. The van der Waals surface area contributed by atoms with Gasteiger partial charge in [-0.25, -0.2) is 4.98 Å². The molecule has 1 aromatic carbocycles. The van der Waals surface area contributed by atoms with Crippen LogP contribution in [-0.4, -0.2) is 16.7 Å². The van der Waals surface area contributed by atoms with E-state index in [1.54, 1.807) is 11.3 Å². The summed E-state index contributed by atoms with van der Waals surface area (Å²) in [5.74, 6) is 0.892. The van der Waals surface area contributed by atoms with E-state index >= 15 is 0 Å². The van der Waals surface area contributed by atoms with Crippen molar-refractivity contribution in [2.24, 2.45) is 0 Å². The van der Waals surface area contributed by atoms with E-state index in [2.05, 4.69) is 18.8 Å². The molecule has 1 N–H and O–H groups in total. The molecule has 0 bridgehead atoms. The van der Waals surface area contributed by atoms with Gasteiger partial charge in [0, 0.05) is 6.42 Å². The van der Waals surface area contributed by atoms with Crippen LogP contribution >= 0.6 is 11.3 Å². The smallest absolute Gasteiger partial charge is 0.119 e. The molecule has 20 heavy (non-hydrogen) atoms. The molecule has 0 unspecified atom stereocenters. The molecule has 2 aromatic rings. The van der Waals surface area contributed by atoms with Crippen molar-refractivity contribution in [3.63, 3.8) is 0 Å². The zero-order valence-corrected chi connectivity index (χ0v) is 12.9. The molecule has 0 fully saturated rings. The first-order valence-corrected chi connectivity index (χ1v) is 7.82. The number of aliphatic hydroxyl groups excluding tert-OH is 1. The highest BCUT2D eigenvalue weighted by Gasteiger charge is 2.09. The lowest BCUT2D eigenvalue weighted by atomic mass is 10.2. The maximum atomic E-state index is 9.33. The normalized spacial score (nSPS) is 10.8. The fraction of sp³-hybridized carbons (Fsp3) is 0.438. The summed E-state index contributed by atoms with van der Waals surface area (Å²) in [6.45, 7) is 4.89. The van der Waals surface area contributed by atoms with Gasteiger partial charge in [-0.15, -0.1) is 11.3 Å². The highest BCUT2D eigenvalue weighted by atomic mass is 32.1. The number of nitrogens with zero attached hydrogens (tertiary/aromatic N) is 1. The fourth-order valence-electron chi connectivity index (χ4n) is 1.99. The van der Waals surface area contributed by atoms with E-state index in [-0.39, 0.29) is 6.61 Å². The number of aryl methyl sites for hydroxylation is 2. The van der Waals surface area contributed by atoms with Gasteiger partial charge >= 0.3 is 0 Å². The number of rotatable bonds is 7. The minimum Gasteiger partial charge on any atom is -0.493 e. The predicted octanol–water partition coefficient (Wildman–Crippen LogP) is 3.52. The van der Waals surface area contributed by atoms with Crippen LogP contribution in [0, 0.1) is 6.92 Å². The van der Waals surface area contributed by atoms with Gasteiger partial charge in [0.2, 0.25) is 0 Å². The Morgan fingerprint density at radius 1 is 1.20 bits per heavy atom. The molecule has 0 aliphatic heterocycles. The molecule has 0 aliphatic rings. The number of hydrogen-bond acceptors (Lipinski definition) is 4. The summed E-state index contributed by atoms with van der Waals surface area (Å²) >= 11 is 1.60. The number of aromatic nitrogens is 1. The zero-order valence-electron chi connectivity index (χ0n) is 12.1. The zero-order chi connectivity index (χ0) is 14.4. The monoisotopic (exact) mass is 291 g/mol. The van der Waals surface area contributed by atoms with Crippen molar-refractivity contribution in [2.45, 2.75) is 39.7 Å². The second-order valence-corrected chi connectivity index (χ2v) is 5.97. The van der Waals surface area contributed by atoms with Crippen LogP contribution < -0.4 is 4.74 Å². The van der Waals surface area contributed by atoms with E-state index in [0.717, 1.165) is 40.6 Å². The largest absolute Gasteiger partial charge is 0.493 e. The summed E-state index contributed by atoms with van der Waals surface area (Å²) in [6.07, 6.45) is 2.77. The lowest BCUT2D eigenvalue weighted by molar-refractivity contribution is 0.284. The van der Waals surface area contributed by atoms with Crippen molar-refractivity contribution in [1.29, 1.82) is 0 Å². The second-order valence-electron chi connectivity index (χ2n) is 4.80. The van der Waals surface area contributed by atoms with Gasteiger partial charge in [-0.05, 0) is 25.5 Å². The van der Waals surface area contributed by atoms with Gasteiger partial charge in [0.05, 0.1) is 28.8 Å². The van der Waals surface area contributed by atoms with Crippen molar-refractivity contribution in [3.05, 3.63) is 45.4 Å². The van der Waals surface area contributed by atoms with Gasteiger partial charge in [0.15, 0.2) is 0 Å². The minimum absolute atomic E-state index is 0.0891. The third kappa shape index (κ3) is 4.05. The molecule has 0 saturated heterocycles. The van der Waals surface area contributed by atoms with E-state index < -0.39 is 0 Å². The molecule has 0 spiro atoms. The molecular weight excluding hydrogens is 270 g/mol. The number of thiazole rings is 1. The standard InChI is InChI=1S/C16H21NO2S/c1-3-4-14-15(11-18)20-16(17-14)9-10-19-13-7-5-12(2)6-8-13/h5-8,18H,3-4,9-11H2,1-2H3. The van der Waals surface area contributed by atoms with Gasteiger partial charge in [0.1, 0.15) is 5.75 Å². The van der Waals surface area contributed by atoms with Gasteiger partial charge in [-0.1, -0.05) is 31.0 Å². The number of aliphatic hydroxyl groups is 1. The van der Waals surface area contributed by atoms with Crippen LogP contribution in [0.3, 0.4) is 0 Å². The Kier molecular flexibility index (Phi) is 5.56. The van der Waals surface area contributed by atoms with E-state index in [0.29, 0.717) is 6.61 Å². The van der Waals surface area contributed by atoms with Crippen LogP contribution in [0.1, 0.15) is 34.5 Å². The first-order valence-electron chi connectivity index (χ1n) is 7.00. The molecule has 1 heterocycles. The molecule has 0 atom stereocenters. The third-order valence-corrected chi connectivity index (χ3v) is 4.20. The molecule has 0 radical (unpaired) electrons. The van der Waals surface area contributed by atoms with Crippen LogP contribution in [0.4, 0.5) is 0 Å². The number of benzene rings is 1. The average molecular weight is 291 g/mol. The summed E-state index contributed by atoms with van der Waals surface area (Å²) < 4.78 is 5.71. The Hall–Kier alpha value is -1.39. The maximum Gasteiger partial charge on any atom is 0.119 e. The van der Waals surface area contributed by atoms with E-state index in [1.807, 2.05) is 24.3 Å². The molecule has 0 aliphatic carbocycles. The third-order valence-electron chi connectivity index (χ3n) is 3.06. The first-order chi connectivity index (χ1) is 9.72. The maximum absolute atomic E-state index is 9.33. The van der Waals surface area contributed by atoms with Crippen molar-refractivity contribution in [2.75, 3.05) is 6.61 Å². The summed E-state index contributed by atoms with van der Waals surface area (Å²) in [4.78, 5) is 5.59. The van der Waals surface area contributed by atoms with Crippen molar-refractivity contribution < 1.29 is 9.84 Å². The van der Waals surface area contributed by atoms with Crippen molar-refractivity contribution >= 4 is 11.3 Å². The van der Waals surface area contributed by atoms with E-state index in [9.17, 15) is 5.11 Å². The second kappa shape index (κ2) is 7.41. The molecule has 108 valence electrons. The highest BCUT2D eigenvalue weighted by molar-refractivity contribution is 7.11. The summed E-state index contributed by atoms with van der Waals surface area (Å²) in [5.41, 5.74) is 2.28. The Bertz CT molecular complexity index is 534. The Labute approximate surface area is 124 Å². The van der Waals surface area contributed by atoms with Crippen LogP contribution in [-0.2, 0) is 19.4 Å². The number of hydrogen-bond donors (Lipinski definition) is 1. The SMILES string of the molecule is CCCc1nc(CCOc2ccc(C)cc2)sc1CO. The minimum atomic E-state index is 0.0891. The quantitative estimate of drug-likeness (QED) is 0.848. The molecule has 1 aromatic heterocycles. The van der Waals surface area contributed by atoms with Gasteiger partial charge in [-0.2, -0.15) is 0 Å². The van der Waals surface area contributed by atoms with Gasteiger partial charge in [-0.3, -0.25) is 0 Å². The van der Waals surface area contributed by atoms with Crippen molar-refractivity contribution in [1.82, 2.24) is 4.98 Å². The first kappa shape index (κ1) is 15.0. The summed E-state index contributed by atoms with van der Waals surface area (Å²) in [6, 6.07) is 8.06. The Morgan fingerprint density at radius 2 is 1.95 bits per heavy atom. The topological polar surface area (TPSA) is 42.4 Å². The lowest BCUT2D eigenvalue weighted by Crippen LogP contribution is -2.01. The van der Waals surface area contributed by atoms with E-state index in [4.69, 9.17) is 4.74 Å². The Morgan fingerprint density at radius 3 is 2.60 bits per heavy atom. The van der Waals surface area contributed by atoms with Crippen LogP contribution in [0.25, 0.3) is 0 Å². The van der Waals surface area contributed by atoms with E-state index in [1.165, 1.54) is 5.56 Å². The fourth-order valence-corrected chi connectivity index (χ4v) is 2.95. The molecule has 0 saturated carbocycles. The average Bonchev–Trinajstić information content (AvgIpc) is 2.84. The highest BCUT2D eigenvalue weighted by Crippen LogP contribution is 2.21. The molecule has 3 nitrogen and oxygen atoms in total. The molecular formula is C16H21NO2S. The van der Waals surface area contributed by atoms with Crippen LogP contribution in [0.15, 0.2) is 24.3 Å². The van der Waals surface area contributed by atoms with Crippen LogP contribution in [0.2, 0.25) is 0 Å². The van der Waals surface area contributed by atoms with Gasteiger partial charge in [0.25, 0.3) is 0 Å². The molecule has 4 heteroatoms. The molecule has 0 amide bonds. The Balaban J connectivity index is 1.89. The predicted molar refractivity (Wildman–Crippen MR) is 82.4 cm³/mol. The summed E-state index contributed by atoms with van der Waals surface area (Å²) in [7, 11) is 0. The van der Waals surface area contributed by atoms with Gasteiger partial charge < -0.3 is 9.84 Å². The lowest BCUT2D eigenvalue weighted by Gasteiger charge is -2.04. The van der Waals surface area contributed by atoms with Crippen molar-refractivity contribution in [3.8, 4) is 5.75 Å². The molecule has 2 rings (SSSR count).